The fourth-order valence-electron chi connectivity index (χ4n) is 2.56. The molecule has 2 aromatic rings. The summed E-state index contributed by atoms with van der Waals surface area (Å²) in [6.07, 6.45) is 5.43. The standard InChI is InChI=1S/C15H17N3OS/c1-19-11-3-4-12-10(8-11)2-5-13(15(12)16)20-14-6-7-17-9-18-14/h3-4,6-9,13,15H,2,5,16H2,1H3. The molecule has 0 saturated carbocycles. The lowest BCUT2D eigenvalue weighted by Crippen LogP contribution is -2.29. The molecule has 0 bridgehead atoms. The third kappa shape index (κ3) is 2.64. The topological polar surface area (TPSA) is 61.0 Å². The first-order valence-corrected chi connectivity index (χ1v) is 7.51. The van der Waals surface area contributed by atoms with Crippen molar-refractivity contribution in [2.75, 3.05) is 7.11 Å². The maximum Gasteiger partial charge on any atom is 0.119 e. The second-order valence-corrected chi connectivity index (χ2v) is 6.09. The zero-order valence-electron chi connectivity index (χ0n) is 11.3. The summed E-state index contributed by atoms with van der Waals surface area (Å²) in [6.45, 7) is 0. The Morgan fingerprint density at radius 3 is 3.00 bits per heavy atom. The molecule has 20 heavy (non-hydrogen) atoms. The number of ether oxygens (including phenoxy) is 1. The van der Waals surface area contributed by atoms with Gasteiger partial charge in [0.1, 0.15) is 12.1 Å². The van der Waals surface area contributed by atoms with E-state index in [1.807, 2.05) is 12.1 Å². The average molecular weight is 287 g/mol. The SMILES string of the molecule is COc1ccc2c(c1)CCC(Sc1ccncn1)C2N. The van der Waals surface area contributed by atoms with E-state index in [1.165, 1.54) is 11.1 Å². The molecule has 2 atom stereocenters. The van der Waals surface area contributed by atoms with Crippen LogP contribution in [0.4, 0.5) is 0 Å². The summed E-state index contributed by atoms with van der Waals surface area (Å²) in [5.41, 5.74) is 8.95. The molecule has 0 aliphatic heterocycles. The first kappa shape index (κ1) is 13.4. The van der Waals surface area contributed by atoms with Crippen LogP contribution in [0.15, 0.2) is 41.8 Å². The minimum atomic E-state index is 0.0321. The van der Waals surface area contributed by atoms with E-state index in [0.717, 1.165) is 23.6 Å². The van der Waals surface area contributed by atoms with E-state index in [-0.39, 0.29) is 6.04 Å². The molecule has 0 saturated heterocycles. The summed E-state index contributed by atoms with van der Waals surface area (Å²) in [4.78, 5) is 8.21. The number of nitrogens with two attached hydrogens (primary N) is 1. The highest BCUT2D eigenvalue weighted by Crippen LogP contribution is 2.39. The van der Waals surface area contributed by atoms with Gasteiger partial charge in [0.2, 0.25) is 0 Å². The molecule has 0 fully saturated rings. The van der Waals surface area contributed by atoms with Gasteiger partial charge < -0.3 is 10.5 Å². The molecule has 1 heterocycles. The molecular weight excluding hydrogens is 270 g/mol. The zero-order valence-corrected chi connectivity index (χ0v) is 12.1. The highest BCUT2D eigenvalue weighted by Gasteiger charge is 2.28. The monoisotopic (exact) mass is 287 g/mol. The van der Waals surface area contributed by atoms with Gasteiger partial charge >= 0.3 is 0 Å². The van der Waals surface area contributed by atoms with Crippen molar-refractivity contribution in [1.29, 1.82) is 0 Å². The molecule has 4 nitrogen and oxygen atoms in total. The molecule has 2 N–H and O–H groups in total. The second kappa shape index (κ2) is 5.81. The molecule has 2 unspecified atom stereocenters. The van der Waals surface area contributed by atoms with Gasteiger partial charge in [-0.15, -0.1) is 11.8 Å². The van der Waals surface area contributed by atoms with Crippen molar-refractivity contribution in [3.63, 3.8) is 0 Å². The van der Waals surface area contributed by atoms with E-state index >= 15 is 0 Å². The van der Waals surface area contributed by atoms with E-state index in [1.54, 1.807) is 31.4 Å². The van der Waals surface area contributed by atoms with Crippen molar-refractivity contribution in [1.82, 2.24) is 9.97 Å². The van der Waals surface area contributed by atoms with Crippen LogP contribution in [0.3, 0.4) is 0 Å². The highest BCUT2D eigenvalue weighted by atomic mass is 32.2. The van der Waals surface area contributed by atoms with Crippen molar-refractivity contribution in [3.05, 3.63) is 47.9 Å². The molecular formula is C15H17N3OS. The molecule has 1 aromatic heterocycles. The summed E-state index contributed by atoms with van der Waals surface area (Å²) in [6, 6.07) is 8.13. The number of hydrogen-bond donors (Lipinski definition) is 1. The number of aromatic nitrogens is 2. The van der Waals surface area contributed by atoms with Gasteiger partial charge in [0.05, 0.1) is 12.1 Å². The van der Waals surface area contributed by atoms with Gasteiger partial charge in [0.15, 0.2) is 0 Å². The van der Waals surface area contributed by atoms with Crippen LogP contribution in [0.25, 0.3) is 0 Å². The molecule has 3 rings (SSSR count). The summed E-state index contributed by atoms with van der Waals surface area (Å²) in [7, 11) is 1.69. The van der Waals surface area contributed by atoms with Crippen LogP contribution < -0.4 is 10.5 Å². The molecule has 104 valence electrons. The molecule has 0 amide bonds. The summed E-state index contributed by atoms with van der Waals surface area (Å²) in [5.74, 6) is 0.901. The Bertz CT molecular complexity index is 591. The van der Waals surface area contributed by atoms with Gasteiger partial charge in [-0.2, -0.15) is 0 Å². The molecule has 1 aromatic carbocycles. The minimum absolute atomic E-state index is 0.0321. The lowest BCUT2D eigenvalue weighted by atomic mass is 9.87. The summed E-state index contributed by atoms with van der Waals surface area (Å²) < 4.78 is 5.28. The van der Waals surface area contributed by atoms with Gasteiger partial charge in [-0.25, -0.2) is 9.97 Å². The number of aryl methyl sites for hydroxylation is 1. The van der Waals surface area contributed by atoms with Crippen LogP contribution in [0.1, 0.15) is 23.6 Å². The quantitative estimate of drug-likeness (QED) is 0.879. The Balaban J connectivity index is 1.80. The van der Waals surface area contributed by atoms with Crippen LogP contribution >= 0.6 is 11.8 Å². The largest absolute Gasteiger partial charge is 0.497 e. The van der Waals surface area contributed by atoms with Crippen molar-refractivity contribution in [2.45, 2.75) is 29.2 Å². The van der Waals surface area contributed by atoms with Crippen LogP contribution in [-0.2, 0) is 6.42 Å². The van der Waals surface area contributed by atoms with E-state index < -0.39 is 0 Å². The predicted molar refractivity (Wildman–Crippen MR) is 79.9 cm³/mol. The first-order valence-electron chi connectivity index (χ1n) is 6.63. The molecule has 5 heteroatoms. The van der Waals surface area contributed by atoms with Crippen LogP contribution in [0.2, 0.25) is 0 Å². The Labute approximate surface area is 122 Å². The van der Waals surface area contributed by atoms with Crippen LogP contribution in [0, 0.1) is 0 Å². The number of nitrogens with zero attached hydrogens (tertiary/aromatic N) is 2. The smallest absolute Gasteiger partial charge is 0.119 e. The Hall–Kier alpha value is -1.59. The molecule has 0 radical (unpaired) electrons. The average Bonchev–Trinajstić information content (AvgIpc) is 2.51. The maximum absolute atomic E-state index is 6.42. The van der Waals surface area contributed by atoms with Gasteiger partial charge in [0.25, 0.3) is 0 Å². The fraction of sp³-hybridized carbons (Fsp3) is 0.333. The normalized spacial score (nSPS) is 21.3. The molecule has 1 aliphatic carbocycles. The molecule has 0 spiro atoms. The zero-order chi connectivity index (χ0) is 13.9. The van der Waals surface area contributed by atoms with E-state index in [2.05, 4.69) is 22.1 Å². The van der Waals surface area contributed by atoms with E-state index in [4.69, 9.17) is 10.5 Å². The van der Waals surface area contributed by atoms with Crippen molar-refractivity contribution in [3.8, 4) is 5.75 Å². The second-order valence-electron chi connectivity index (χ2n) is 4.83. The van der Waals surface area contributed by atoms with E-state index in [9.17, 15) is 0 Å². The van der Waals surface area contributed by atoms with Gasteiger partial charge in [-0.1, -0.05) is 6.07 Å². The number of thioether (sulfide) groups is 1. The third-order valence-corrected chi connectivity index (χ3v) is 4.95. The van der Waals surface area contributed by atoms with Gasteiger partial charge in [-0.05, 0) is 42.2 Å². The minimum Gasteiger partial charge on any atom is -0.497 e. The number of hydrogen-bond acceptors (Lipinski definition) is 5. The number of benzene rings is 1. The maximum atomic E-state index is 6.42. The highest BCUT2D eigenvalue weighted by molar-refractivity contribution is 7.99. The van der Waals surface area contributed by atoms with Gasteiger partial charge in [0, 0.05) is 17.5 Å². The van der Waals surface area contributed by atoms with Crippen molar-refractivity contribution < 1.29 is 4.74 Å². The Morgan fingerprint density at radius 2 is 2.25 bits per heavy atom. The lowest BCUT2D eigenvalue weighted by Gasteiger charge is -2.30. The number of methoxy groups -OCH3 is 1. The predicted octanol–water partition coefficient (Wildman–Crippen LogP) is 2.59. The molecule has 1 aliphatic rings. The number of fused-ring (bicyclic) bond motifs is 1. The van der Waals surface area contributed by atoms with Crippen molar-refractivity contribution >= 4 is 11.8 Å². The lowest BCUT2D eigenvalue weighted by molar-refractivity contribution is 0.413. The third-order valence-electron chi connectivity index (χ3n) is 3.63. The van der Waals surface area contributed by atoms with E-state index in [0.29, 0.717) is 5.25 Å². The van der Waals surface area contributed by atoms with Crippen molar-refractivity contribution in [2.24, 2.45) is 5.73 Å². The van der Waals surface area contributed by atoms with Crippen LogP contribution in [-0.4, -0.2) is 22.3 Å². The summed E-state index contributed by atoms with van der Waals surface area (Å²) >= 11 is 1.74. The van der Waals surface area contributed by atoms with Crippen LogP contribution in [0.5, 0.6) is 5.75 Å². The number of rotatable bonds is 3. The first-order chi connectivity index (χ1) is 9.78. The summed E-state index contributed by atoms with van der Waals surface area (Å²) in [5, 5.41) is 1.34. The Morgan fingerprint density at radius 1 is 1.35 bits per heavy atom. The fourth-order valence-corrected chi connectivity index (χ4v) is 3.65. The van der Waals surface area contributed by atoms with Gasteiger partial charge in [-0.3, -0.25) is 0 Å². The Kier molecular flexibility index (Phi) is 3.89.